The van der Waals surface area contributed by atoms with Crippen molar-refractivity contribution in [3.63, 3.8) is 0 Å². The second-order valence-electron chi connectivity index (χ2n) is 14.8. The van der Waals surface area contributed by atoms with Crippen LogP contribution in [-0.4, -0.2) is 58.1 Å². The van der Waals surface area contributed by atoms with Gasteiger partial charge in [-0.3, -0.25) is 9.59 Å². The van der Waals surface area contributed by atoms with Crippen molar-refractivity contribution in [2.75, 3.05) is 19.8 Å². The van der Waals surface area contributed by atoms with Gasteiger partial charge in [-0.05, 0) is 74.4 Å². The molecular formula is C31H54O7Si. The molecule has 0 radical (unpaired) electrons. The zero-order valence-electron chi connectivity index (χ0n) is 26.0. The zero-order valence-corrected chi connectivity index (χ0v) is 27.0. The van der Waals surface area contributed by atoms with Gasteiger partial charge in [-0.2, -0.15) is 0 Å². The van der Waals surface area contributed by atoms with Crippen molar-refractivity contribution in [1.29, 1.82) is 0 Å². The van der Waals surface area contributed by atoms with Crippen LogP contribution in [0.4, 0.5) is 0 Å². The van der Waals surface area contributed by atoms with Crippen LogP contribution in [-0.2, 0) is 33.0 Å². The summed E-state index contributed by atoms with van der Waals surface area (Å²) in [6.45, 7) is 20.9. The highest BCUT2D eigenvalue weighted by Gasteiger charge is 2.67. The smallest absolute Gasteiger partial charge is 0.302 e. The molecule has 0 N–H and O–H groups in total. The summed E-state index contributed by atoms with van der Waals surface area (Å²) in [6.07, 6.45) is 7.56. The summed E-state index contributed by atoms with van der Waals surface area (Å²) < 4.78 is 31.3. The molecule has 0 aromatic carbocycles. The molecule has 224 valence electrons. The molecule has 8 heteroatoms. The highest BCUT2D eigenvalue weighted by molar-refractivity contribution is 6.74. The molecule has 0 bridgehead atoms. The maximum absolute atomic E-state index is 12.5. The molecule has 0 aromatic rings. The van der Waals surface area contributed by atoms with E-state index in [-0.39, 0.29) is 51.9 Å². The Morgan fingerprint density at radius 3 is 2.15 bits per heavy atom. The summed E-state index contributed by atoms with van der Waals surface area (Å²) in [5, 5.41) is 0.151. The molecule has 1 aliphatic heterocycles. The molecule has 1 saturated heterocycles. The lowest BCUT2D eigenvalue weighted by atomic mass is 9.51. The van der Waals surface area contributed by atoms with Gasteiger partial charge in [0.05, 0.1) is 19.8 Å². The summed E-state index contributed by atoms with van der Waals surface area (Å²) in [6, 6.07) is 0. The van der Waals surface area contributed by atoms with Gasteiger partial charge in [-0.1, -0.05) is 34.6 Å². The molecule has 3 aliphatic carbocycles. The maximum Gasteiger partial charge on any atom is 0.302 e. The van der Waals surface area contributed by atoms with Crippen molar-refractivity contribution in [2.24, 2.45) is 28.6 Å². The van der Waals surface area contributed by atoms with Crippen molar-refractivity contribution in [3.05, 3.63) is 0 Å². The third kappa shape index (κ3) is 5.74. The summed E-state index contributed by atoms with van der Waals surface area (Å²) >= 11 is 0. The van der Waals surface area contributed by atoms with Crippen LogP contribution in [0, 0.1) is 28.6 Å². The van der Waals surface area contributed by atoms with E-state index in [1.807, 2.05) is 0 Å². The summed E-state index contributed by atoms with van der Waals surface area (Å²) in [7, 11) is -1.92. The third-order valence-electron chi connectivity index (χ3n) is 11.7. The predicted molar refractivity (Wildman–Crippen MR) is 153 cm³/mol. The number of hydrogen-bond acceptors (Lipinski definition) is 7. The molecule has 0 amide bonds. The van der Waals surface area contributed by atoms with Gasteiger partial charge in [0.25, 0.3) is 0 Å². The summed E-state index contributed by atoms with van der Waals surface area (Å²) in [5.41, 5.74) is -0.228. The van der Waals surface area contributed by atoms with E-state index in [0.29, 0.717) is 25.7 Å². The molecule has 4 fully saturated rings. The van der Waals surface area contributed by atoms with Crippen molar-refractivity contribution in [1.82, 2.24) is 0 Å². The second kappa shape index (κ2) is 11.0. The van der Waals surface area contributed by atoms with Crippen LogP contribution in [0.1, 0.15) is 99.8 Å². The molecule has 1 spiro atoms. The molecule has 0 aromatic heterocycles. The first-order valence-corrected chi connectivity index (χ1v) is 18.2. The minimum absolute atomic E-state index is 0.0535. The Bertz CT molecular complexity index is 907. The Morgan fingerprint density at radius 1 is 0.923 bits per heavy atom. The van der Waals surface area contributed by atoms with E-state index in [1.165, 1.54) is 6.92 Å². The van der Waals surface area contributed by atoms with Crippen LogP contribution in [0.2, 0.25) is 18.1 Å². The average Bonchev–Trinajstić information content (AvgIpc) is 3.41. The molecule has 1 heterocycles. The first kappa shape index (κ1) is 31.0. The SMILES string of the molecule is CC(=O)OCC[C@H]1CC(O[Si](C)(C)C(C)(C)C)CC[C@]1(C)C1CC[C@@]2(C)C(CCC23OCCO3)[C@@H]1OC(C)=O. The van der Waals surface area contributed by atoms with Crippen LogP contribution in [0.3, 0.4) is 0 Å². The van der Waals surface area contributed by atoms with Gasteiger partial charge in [-0.25, -0.2) is 0 Å². The van der Waals surface area contributed by atoms with Crippen molar-refractivity contribution in [2.45, 2.75) is 136 Å². The van der Waals surface area contributed by atoms with Crippen LogP contribution >= 0.6 is 0 Å². The topological polar surface area (TPSA) is 80.3 Å². The van der Waals surface area contributed by atoms with E-state index >= 15 is 0 Å². The molecular weight excluding hydrogens is 512 g/mol. The van der Waals surface area contributed by atoms with Gasteiger partial charge < -0.3 is 23.4 Å². The fourth-order valence-corrected chi connectivity index (χ4v) is 9.79. The van der Waals surface area contributed by atoms with E-state index in [0.717, 1.165) is 51.4 Å². The van der Waals surface area contributed by atoms with Gasteiger partial charge in [0.15, 0.2) is 14.1 Å². The van der Waals surface area contributed by atoms with Crippen molar-refractivity contribution < 1.29 is 33.0 Å². The van der Waals surface area contributed by atoms with E-state index < -0.39 is 14.1 Å². The Morgan fingerprint density at radius 2 is 1.56 bits per heavy atom. The van der Waals surface area contributed by atoms with Gasteiger partial charge in [0, 0.05) is 43.6 Å². The third-order valence-corrected chi connectivity index (χ3v) is 16.2. The van der Waals surface area contributed by atoms with Gasteiger partial charge in [0.2, 0.25) is 0 Å². The Balaban J connectivity index is 1.61. The van der Waals surface area contributed by atoms with Crippen molar-refractivity contribution >= 4 is 20.3 Å². The van der Waals surface area contributed by atoms with Crippen LogP contribution in [0.25, 0.3) is 0 Å². The van der Waals surface area contributed by atoms with Gasteiger partial charge >= 0.3 is 11.9 Å². The number of esters is 2. The highest BCUT2D eigenvalue weighted by Crippen LogP contribution is 2.65. The van der Waals surface area contributed by atoms with E-state index in [9.17, 15) is 9.59 Å². The minimum Gasteiger partial charge on any atom is -0.466 e. The van der Waals surface area contributed by atoms with Crippen molar-refractivity contribution in [3.8, 4) is 0 Å². The number of carbonyl (C=O) groups is 2. The molecule has 39 heavy (non-hydrogen) atoms. The number of rotatable bonds is 7. The van der Waals surface area contributed by atoms with E-state index in [1.54, 1.807) is 6.92 Å². The van der Waals surface area contributed by atoms with Crippen LogP contribution < -0.4 is 0 Å². The first-order valence-electron chi connectivity index (χ1n) is 15.3. The monoisotopic (exact) mass is 566 g/mol. The minimum atomic E-state index is -1.92. The Hall–Kier alpha value is -0.963. The number of carbonyl (C=O) groups excluding carboxylic acids is 2. The maximum atomic E-state index is 12.5. The Labute approximate surface area is 237 Å². The lowest BCUT2D eigenvalue weighted by Gasteiger charge is -2.58. The van der Waals surface area contributed by atoms with Crippen LogP contribution in [0.15, 0.2) is 0 Å². The second-order valence-corrected chi connectivity index (χ2v) is 19.6. The predicted octanol–water partition coefficient (Wildman–Crippen LogP) is 6.64. The number of hydrogen-bond donors (Lipinski definition) is 0. The summed E-state index contributed by atoms with van der Waals surface area (Å²) in [5.74, 6) is -0.260. The quantitative estimate of drug-likeness (QED) is 0.252. The van der Waals surface area contributed by atoms with Crippen LogP contribution in [0.5, 0.6) is 0 Å². The van der Waals surface area contributed by atoms with Gasteiger partial charge in [-0.15, -0.1) is 0 Å². The highest BCUT2D eigenvalue weighted by atomic mass is 28.4. The Kier molecular flexibility index (Phi) is 8.76. The lowest BCUT2D eigenvalue weighted by molar-refractivity contribution is -0.252. The number of ether oxygens (including phenoxy) is 4. The zero-order chi connectivity index (χ0) is 28.9. The summed E-state index contributed by atoms with van der Waals surface area (Å²) in [4.78, 5) is 24.2. The molecule has 3 saturated carbocycles. The largest absolute Gasteiger partial charge is 0.466 e. The number of fused-ring (bicyclic) bond motifs is 2. The molecule has 7 atom stereocenters. The average molecular weight is 567 g/mol. The fourth-order valence-electron chi connectivity index (χ4n) is 8.39. The first-order chi connectivity index (χ1) is 18.0. The molecule has 7 nitrogen and oxygen atoms in total. The lowest BCUT2D eigenvalue weighted by Crippen LogP contribution is -2.58. The van der Waals surface area contributed by atoms with E-state index in [2.05, 4.69) is 47.7 Å². The van der Waals surface area contributed by atoms with E-state index in [4.69, 9.17) is 23.4 Å². The van der Waals surface area contributed by atoms with Gasteiger partial charge in [0.1, 0.15) is 6.10 Å². The normalized spacial score (nSPS) is 38.4. The standard InChI is InChI=1S/C31H54O7Si/c1-21(32)34-17-13-23-20-24(38-39(8,9)28(3,4)5)10-14-29(23,6)25-11-15-30(7)26(27(25)37-22(2)33)12-16-31(30)35-18-19-36-31/h23-27H,10-20H2,1-9H3/t23-,24?,25?,26?,27+,29-,30-/m0/s1. The molecule has 4 rings (SSSR count). The molecule has 4 aliphatic rings. The fraction of sp³-hybridized carbons (Fsp3) is 0.935. The molecule has 3 unspecified atom stereocenters.